The van der Waals surface area contributed by atoms with Crippen molar-refractivity contribution in [3.05, 3.63) is 70.9 Å². The van der Waals surface area contributed by atoms with Gasteiger partial charge in [-0.25, -0.2) is 0 Å². The van der Waals surface area contributed by atoms with Crippen LogP contribution in [-0.2, 0) is 23.2 Å². The van der Waals surface area contributed by atoms with Crippen molar-refractivity contribution in [3.8, 4) is 11.8 Å². The molecule has 1 heterocycles. The standard InChI is InChI=1S/C23H25N5O2/c1-23(2,3)19-9-6-16(7-10-19)12-22(29)26-21-14-25-28(27-21)15-17-5-8-18(13-24)20(11-17)30-4/h5-11,14H,12,15H2,1-4H3,(H,26,27,29). The molecule has 3 aromatic rings. The van der Waals surface area contributed by atoms with Crippen LogP contribution in [0.25, 0.3) is 0 Å². The van der Waals surface area contributed by atoms with E-state index in [1.165, 1.54) is 23.7 Å². The van der Waals surface area contributed by atoms with Gasteiger partial charge in [0.1, 0.15) is 11.8 Å². The number of amides is 1. The predicted octanol–water partition coefficient (Wildman–Crippen LogP) is 3.69. The molecule has 30 heavy (non-hydrogen) atoms. The second-order valence-corrected chi connectivity index (χ2v) is 8.08. The molecule has 0 aliphatic carbocycles. The Morgan fingerprint density at radius 1 is 1.17 bits per heavy atom. The third-order valence-corrected chi connectivity index (χ3v) is 4.70. The SMILES string of the molecule is COc1cc(Cn2ncc(NC(=O)Cc3ccc(C(C)(C)C)cc3)n2)ccc1C#N. The van der Waals surface area contributed by atoms with Crippen molar-refractivity contribution in [1.82, 2.24) is 15.0 Å². The van der Waals surface area contributed by atoms with Crippen LogP contribution < -0.4 is 10.1 Å². The second kappa shape index (κ2) is 8.78. The van der Waals surface area contributed by atoms with Crippen LogP contribution in [-0.4, -0.2) is 28.0 Å². The van der Waals surface area contributed by atoms with Crippen molar-refractivity contribution >= 4 is 11.7 Å². The smallest absolute Gasteiger partial charge is 0.230 e. The van der Waals surface area contributed by atoms with E-state index < -0.39 is 0 Å². The van der Waals surface area contributed by atoms with Crippen molar-refractivity contribution in [3.63, 3.8) is 0 Å². The van der Waals surface area contributed by atoms with Crippen LogP contribution in [0, 0.1) is 11.3 Å². The molecule has 2 aromatic carbocycles. The minimum Gasteiger partial charge on any atom is -0.495 e. The Bertz CT molecular complexity index is 1070. The van der Waals surface area contributed by atoms with Gasteiger partial charge in [-0.15, -0.1) is 5.10 Å². The summed E-state index contributed by atoms with van der Waals surface area (Å²) in [4.78, 5) is 13.8. The number of benzene rings is 2. The molecule has 1 aromatic heterocycles. The quantitative estimate of drug-likeness (QED) is 0.678. The molecule has 0 saturated heterocycles. The molecule has 0 spiro atoms. The first kappa shape index (κ1) is 21.1. The van der Waals surface area contributed by atoms with Crippen LogP contribution in [0.4, 0.5) is 5.82 Å². The van der Waals surface area contributed by atoms with E-state index in [0.717, 1.165) is 11.1 Å². The van der Waals surface area contributed by atoms with E-state index in [4.69, 9.17) is 10.00 Å². The van der Waals surface area contributed by atoms with Crippen LogP contribution >= 0.6 is 0 Å². The zero-order valence-electron chi connectivity index (χ0n) is 17.6. The number of anilines is 1. The van der Waals surface area contributed by atoms with Gasteiger partial charge in [0.2, 0.25) is 5.91 Å². The van der Waals surface area contributed by atoms with Crippen LogP contribution in [0.5, 0.6) is 5.75 Å². The van der Waals surface area contributed by atoms with Crippen molar-refractivity contribution in [2.45, 2.75) is 39.2 Å². The van der Waals surface area contributed by atoms with Gasteiger partial charge in [0.15, 0.2) is 5.82 Å². The lowest BCUT2D eigenvalue weighted by atomic mass is 9.86. The number of nitrogens with one attached hydrogen (secondary N) is 1. The van der Waals surface area contributed by atoms with Gasteiger partial charge >= 0.3 is 0 Å². The maximum atomic E-state index is 12.4. The van der Waals surface area contributed by atoms with E-state index in [1.807, 2.05) is 18.2 Å². The second-order valence-electron chi connectivity index (χ2n) is 8.08. The number of hydrogen-bond acceptors (Lipinski definition) is 5. The first-order valence-corrected chi connectivity index (χ1v) is 9.65. The third kappa shape index (κ3) is 5.23. The Morgan fingerprint density at radius 2 is 1.87 bits per heavy atom. The molecule has 1 N–H and O–H groups in total. The largest absolute Gasteiger partial charge is 0.495 e. The van der Waals surface area contributed by atoms with Gasteiger partial charge in [-0.1, -0.05) is 51.1 Å². The van der Waals surface area contributed by atoms with E-state index in [9.17, 15) is 4.79 Å². The highest BCUT2D eigenvalue weighted by atomic mass is 16.5. The molecule has 0 unspecified atom stereocenters. The summed E-state index contributed by atoms with van der Waals surface area (Å²) in [6, 6.07) is 15.5. The Balaban J connectivity index is 1.60. The minimum absolute atomic E-state index is 0.0816. The fraction of sp³-hybridized carbons (Fsp3) is 0.304. The summed E-state index contributed by atoms with van der Waals surface area (Å²) in [6.07, 6.45) is 1.78. The van der Waals surface area contributed by atoms with E-state index >= 15 is 0 Å². The zero-order chi connectivity index (χ0) is 21.7. The minimum atomic E-state index is -0.148. The van der Waals surface area contributed by atoms with Crippen LogP contribution in [0.3, 0.4) is 0 Å². The zero-order valence-corrected chi connectivity index (χ0v) is 17.6. The van der Waals surface area contributed by atoms with Crippen LogP contribution in [0.2, 0.25) is 0 Å². The number of carbonyl (C=O) groups excluding carboxylic acids is 1. The molecule has 3 rings (SSSR count). The van der Waals surface area contributed by atoms with Gasteiger partial charge in [0, 0.05) is 0 Å². The summed E-state index contributed by atoms with van der Waals surface area (Å²) in [7, 11) is 1.52. The highest BCUT2D eigenvalue weighted by Gasteiger charge is 2.14. The first-order valence-electron chi connectivity index (χ1n) is 9.65. The Labute approximate surface area is 176 Å². The molecule has 1 amide bonds. The summed E-state index contributed by atoms with van der Waals surface area (Å²) >= 11 is 0. The molecule has 7 nitrogen and oxygen atoms in total. The van der Waals surface area contributed by atoms with E-state index in [1.54, 1.807) is 12.1 Å². The molecule has 7 heteroatoms. The van der Waals surface area contributed by atoms with Gasteiger partial charge in [0.05, 0.1) is 31.8 Å². The lowest BCUT2D eigenvalue weighted by Crippen LogP contribution is -2.16. The summed E-state index contributed by atoms with van der Waals surface area (Å²) in [5, 5.41) is 20.3. The highest BCUT2D eigenvalue weighted by molar-refractivity contribution is 5.91. The molecule has 0 fully saturated rings. The van der Waals surface area contributed by atoms with Crippen LogP contribution in [0.1, 0.15) is 43.0 Å². The fourth-order valence-electron chi connectivity index (χ4n) is 3.02. The molecule has 0 saturated carbocycles. The van der Waals surface area contributed by atoms with Gasteiger partial charge < -0.3 is 10.1 Å². The lowest BCUT2D eigenvalue weighted by molar-refractivity contribution is -0.115. The Kier molecular flexibility index (Phi) is 6.17. The third-order valence-electron chi connectivity index (χ3n) is 4.70. The van der Waals surface area contributed by atoms with Gasteiger partial charge in [-0.05, 0) is 34.2 Å². The Morgan fingerprint density at radius 3 is 2.50 bits per heavy atom. The topological polar surface area (TPSA) is 92.8 Å². The molecular formula is C23H25N5O2. The average molecular weight is 403 g/mol. The van der Waals surface area contributed by atoms with Crippen LogP contribution in [0.15, 0.2) is 48.7 Å². The maximum absolute atomic E-state index is 12.4. The Hall–Kier alpha value is -3.66. The van der Waals surface area contributed by atoms with Crippen molar-refractivity contribution in [1.29, 1.82) is 5.26 Å². The molecule has 0 bridgehead atoms. The maximum Gasteiger partial charge on any atom is 0.230 e. The summed E-state index contributed by atoms with van der Waals surface area (Å²) in [5.74, 6) is 0.755. The number of methoxy groups -OCH3 is 1. The number of nitriles is 1. The van der Waals surface area contributed by atoms with Gasteiger partial charge in [0.25, 0.3) is 0 Å². The molecule has 0 atom stereocenters. The molecule has 0 aliphatic rings. The molecule has 0 radical (unpaired) electrons. The predicted molar refractivity (Wildman–Crippen MR) is 114 cm³/mol. The highest BCUT2D eigenvalue weighted by Crippen LogP contribution is 2.22. The summed E-state index contributed by atoms with van der Waals surface area (Å²) in [5.41, 5.74) is 3.61. The average Bonchev–Trinajstić information content (AvgIpc) is 3.14. The first-order chi connectivity index (χ1) is 14.3. The number of hydrogen-bond donors (Lipinski definition) is 1. The number of aromatic nitrogens is 3. The molecular weight excluding hydrogens is 378 g/mol. The number of nitrogens with zero attached hydrogens (tertiary/aromatic N) is 4. The molecule has 154 valence electrons. The normalized spacial score (nSPS) is 11.0. The lowest BCUT2D eigenvalue weighted by Gasteiger charge is -2.19. The van der Waals surface area contributed by atoms with Crippen molar-refractivity contribution < 1.29 is 9.53 Å². The summed E-state index contributed by atoms with van der Waals surface area (Å²) in [6.45, 7) is 6.87. The number of carbonyl (C=O) groups is 1. The summed E-state index contributed by atoms with van der Waals surface area (Å²) < 4.78 is 5.23. The van der Waals surface area contributed by atoms with Crippen molar-refractivity contribution in [2.75, 3.05) is 12.4 Å². The van der Waals surface area contributed by atoms with Gasteiger partial charge in [-0.3, -0.25) is 4.79 Å². The van der Waals surface area contributed by atoms with Gasteiger partial charge in [-0.2, -0.15) is 15.2 Å². The monoisotopic (exact) mass is 403 g/mol. The number of ether oxygens (including phenoxy) is 1. The molecule has 0 aliphatic heterocycles. The fourth-order valence-corrected chi connectivity index (χ4v) is 3.02. The number of rotatable bonds is 6. The van der Waals surface area contributed by atoms with Crippen molar-refractivity contribution in [2.24, 2.45) is 0 Å². The van der Waals surface area contributed by atoms with E-state index in [2.05, 4.69) is 54.5 Å². The van der Waals surface area contributed by atoms with E-state index in [0.29, 0.717) is 23.7 Å². The van der Waals surface area contributed by atoms with E-state index in [-0.39, 0.29) is 17.7 Å².